The van der Waals surface area contributed by atoms with Crippen LogP contribution in [-0.4, -0.2) is 55.6 Å². The minimum atomic E-state index is 0.169. The van der Waals surface area contributed by atoms with Crippen LogP contribution in [0.3, 0.4) is 0 Å². The molecule has 0 aliphatic heterocycles. The molecular formula is C12H29N3. The summed E-state index contributed by atoms with van der Waals surface area (Å²) in [6.07, 6.45) is 2.13. The van der Waals surface area contributed by atoms with Gasteiger partial charge in [-0.05, 0) is 54.9 Å². The number of rotatable bonds is 6. The van der Waals surface area contributed by atoms with Crippen molar-refractivity contribution in [2.45, 2.75) is 51.2 Å². The Bertz CT molecular complexity index is 176. The summed E-state index contributed by atoms with van der Waals surface area (Å²) in [6, 6.07) is 0.714. The van der Waals surface area contributed by atoms with Gasteiger partial charge in [-0.15, -0.1) is 0 Å². The Labute approximate surface area is 95.6 Å². The smallest absolute Gasteiger partial charge is 0.0239 e. The maximum Gasteiger partial charge on any atom is 0.0239 e. The molecule has 0 fully saturated rings. The molecule has 15 heavy (non-hydrogen) atoms. The van der Waals surface area contributed by atoms with Crippen molar-refractivity contribution in [2.24, 2.45) is 5.73 Å². The first kappa shape index (κ1) is 14.9. The largest absolute Gasteiger partial charge is 0.326 e. The van der Waals surface area contributed by atoms with E-state index in [9.17, 15) is 0 Å². The van der Waals surface area contributed by atoms with Crippen LogP contribution in [0.2, 0.25) is 0 Å². The Balaban J connectivity index is 4.39. The van der Waals surface area contributed by atoms with Crippen LogP contribution in [0, 0.1) is 0 Å². The van der Waals surface area contributed by atoms with E-state index in [4.69, 9.17) is 5.73 Å². The Hall–Kier alpha value is -0.120. The first-order valence-electron chi connectivity index (χ1n) is 5.81. The van der Waals surface area contributed by atoms with Gasteiger partial charge in [-0.25, -0.2) is 0 Å². The van der Waals surface area contributed by atoms with E-state index in [0.29, 0.717) is 6.04 Å². The fourth-order valence-electron chi connectivity index (χ4n) is 1.95. The quantitative estimate of drug-likeness (QED) is 0.726. The average molecular weight is 215 g/mol. The highest BCUT2D eigenvalue weighted by atomic mass is 15.1. The minimum absolute atomic E-state index is 0.169. The zero-order chi connectivity index (χ0) is 12.2. The average Bonchev–Trinajstić information content (AvgIpc) is 2.02. The van der Waals surface area contributed by atoms with Gasteiger partial charge in [0.15, 0.2) is 0 Å². The summed E-state index contributed by atoms with van der Waals surface area (Å²) in [4.78, 5) is 4.48. The molecule has 0 spiro atoms. The second-order valence-electron chi connectivity index (χ2n) is 5.51. The van der Waals surface area contributed by atoms with Crippen molar-refractivity contribution in [3.05, 3.63) is 0 Å². The van der Waals surface area contributed by atoms with Crippen LogP contribution < -0.4 is 5.73 Å². The molecule has 0 saturated heterocycles. The molecule has 2 unspecified atom stereocenters. The third kappa shape index (κ3) is 4.49. The summed E-state index contributed by atoms with van der Waals surface area (Å²) >= 11 is 0. The van der Waals surface area contributed by atoms with Crippen molar-refractivity contribution < 1.29 is 0 Å². The topological polar surface area (TPSA) is 32.5 Å². The SMILES string of the molecule is CCC(C(N)CC(C)(C)N(C)C)N(C)C. The molecule has 2 atom stereocenters. The molecule has 0 radical (unpaired) electrons. The van der Waals surface area contributed by atoms with Crippen LogP contribution in [0.15, 0.2) is 0 Å². The molecule has 3 heteroatoms. The summed E-state index contributed by atoms with van der Waals surface area (Å²) in [5.41, 5.74) is 6.45. The Kier molecular flexibility index (Phi) is 5.78. The maximum absolute atomic E-state index is 6.28. The van der Waals surface area contributed by atoms with E-state index in [0.717, 1.165) is 12.8 Å². The van der Waals surface area contributed by atoms with Crippen molar-refractivity contribution in [3.63, 3.8) is 0 Å². The van der Waals surface area contributed by atoms with Gasteiger partial charge < -0.3 is 15.5 Å². The zero-order valence-corrected chi connectivity index (χ0v) is 11.5. The normalized spacial score (nSPS) is 17.2. The van der Waals surface area contributed by atoms with E-state index in [-0.39, 0.29) is 11.6 Å². The molecule has 0 bridgehead atoms. The summed E-state index contributed by atoms with van der Waals surface area (Å²) < 4.78 is 0. The summed E-state index contributed by atoms with van der Waals surface area (Å²) in [6.45, 7) is 6.69. The van der Waals surface area contributed by atoms with Gasteiger partial charge in [0.25, 0.3) is 0 Å². The lowest BCUT2D eigenvalue weighted by molar-refractivity contribution is 0.140. The van der Waals surface area contributed by atoms with E-state index < -0.39 is 0 Å². The minimum Gasteiger partial charge on any atom is -0.326 e. The molecule has 0 aromatic heterocycles. The van der Waals surface area contributed by atoms with Crippen LogP contribution in [0.4, 0.5) is 0 Å². The molecule has 0 aromatic rings. The molecule has 0 saturated carbocycles. The summed E-state index contributed by atoms with van der Waals surface area (Å²) in [5, 5.41) is 0. The van der Waals surface area contributed by atoms with Crippen molar-refractivity contribution in [1.29, 1.82) is 0 Å². The lowest BCUT2D eigenvalue weighted by atomic mass is 9.89. The lowest BCUT2D eigenvalue weighted by Gasteiger charge is -2.38. The van der Waals surface area contributed by atoms with Crippen LogP contribution in [0.5, 0.6) is 0 Å². The van der Waals surface area contributed by atoms with E-state index in [1.54, 1.807) is 0 Å². The Morgan fingerprint density at radius 2 is 1.60 bits per heavy atom. The molecule has 0 heterocycles. The highest BCUT2D eigenvalue weighted by molar-refractivity contribution is 4.88. The van der Waals surface area contributed by atoms with E-state index in [1.807, 2.05) is 0 Å². The van der Waals surface area contributed by atoms with Gasteiger partial charge in [0, 0.05) is 17.6 Å². The number of hydrogen-bond acceptors (Lipinski definition) is 3. The standard InChI is InChI=1S/C12H29N3/c1-8-11(14(4)5)10(13)9-12(2,3)15(6)7/h10-11H,8-9,13H2,1-7H3. The fraction of sp³-hybridized carbons (Fsp3) is 1.00. The van der Waals surface area contributed by atoms with E-state index in [2.05, 4.69) is 58.8 Å². The monoisotopic (exact) mass is 215 g/mol. The molecular weight excluding hydrogens is 186 g/mol. The predicted molar refractivity (Wildman–Crippen MR) is 68.1 cm³/mol. The molecule has 3 nitrogen and oxygen atoms in total. The number of nitrogens with two attached hydrogens (primary N) is 1. The van der Waals surface area contributed by atoms with Crippen molar-refractivity contribution >= 4 is 0 Å². The number of hydrogen-bond donors (Lipinski definition) is 1. The molecule has 0 amide bonds. The third-order valence-corrected chi connectivity index (χ3v) is 3.52. The van der Waals surface area contributed by atoms with Gasteiger partial charge in [0.2, 0.25) is 0 Å². The van der Waals surface area contributed by atoms with Gasteiger partial charge in [-0.1, -0.05) is 6.92 Å². The zero-order valence-electron chi connectivity index (χ0n) is 11.5. The van der Waals surface area contributed by atoms with Crippen LogP contribution in [-0.2, 0) is 0 Å². The van der Waals surface area contributed by atoms with Gasteiger partial charge in [0.1, 0.15) is 0 Å². The molecule has 92 valence electrons. The van der Waals surface area contributed by atoms with Crippen LogP contribution in [0.1, 0.15) is 33.6 Å². The summed E-state index contributed by atoms with van der Waals surface area (Å²) in [7, 11) is 8.44. The second-order valence-corrected chi connectivity index (χ2v) is 5.51. The molecule has 0 aliphatic rings. The maximum atomic E-state index is 6.28. The van der Waals surface area contributed by atoms with Gasteiger partial charge in [-0.2, -0.15) is 0 Å². The van der Waals surface area contributed by atoms with Crippen molar-refractivity contribution in [2.75, 3.05) is 28.2 Å². The number of likely N-dealkylation sites (N-methyl/N-ethyl adjacent to an activating group) is 1. The van der Waals surface area contributed by atoms with Crippen LogP contribution in [0.25, 0.3) is 0 Å². The Morgan fingerprint density at radius 3 is 1.87 bits per heavy atom. The lowest BCUT2D eigenvalue weighted by Crippen LogP contribution is -2.51. The Morgan fingerprint density at radius 1 is 1.13 bits per heavy atom. The van der Waals surface area contributed by atoms with Gasteiger partial charge in [-0.3, -0.25) is 0 Å². The van der Waals surface area contributed by atoms with Gasteiger partial charge >= 0.3 is 0 Å². The molecule has 0 aromatic carbocycles. The second kappa shape index (κ2) is 5.83. The number of nitrogens with zero attached hydrogens (tertiary/aromatic N) is 2. The van der Waals surface area contributed by atoms with E-state index >= 15 is 0 Å². The highest BCUT2D eigenvalue weighted by Crippen LogP contribution is 2.20. The fourth-order valence-corrected chi connectivity index (χ4v) is 1.95. The summed E-state index contributed by atoms with van der Waals surface area (Å²) in [5.74, 6) is 0. The molecule has 2 N–H and O–H groups in total. The van der Waals surface area contributed by atoms with Crippen molar-refractivity contribution in [3.8, 4) is 0 Å². The van der Waals surface area contributed by atoms with E-state index in [1.165, 1.54) is 0 Å². The van der Waals surface area contributed by atoms with Crippen LogP contribution >= 0.6 is 0 Å². The molecule has 0 aliphatic carbocycles. The molecule has 0 rings (SSSR count). The van der Waals surface area contributed by atoms with Gasteiger partial charge in [0.05, 0.1) is 0 Å². The third-order valence-electron chi connectivity index (χ3n) is 3.52. The highest BCUT2D eigenvalue weighted by Gasteiger charge is 2.28. The predicted octanol–water partition coefficient (Wildman–Crippen LogP) is 1.38. The first-order valence-corrected chi connectivity index (χ1v) is 5.81. The van der Waals surface area contributed by atoms with Crippen molar-refractivity contribution in [1.82, 2.24) is 9.80 Å². The first-order chi connectivity index (χ1) is 6.72.